The van der Waals surface area contributed by atoms with Gasteiger partial charge in [0.1, 0.15) is 18.1 Å². The van der Waals surface area contributed by atoms with E-state index in [4.69, 9.17) is 0 Å². The topological polar surface area (TPSA) is 127 Å². The SMILES string of the molecule is CC(=O)[C@H](CO)NC(=O)[C@@H]1CCCN1C(=O)[C@@H]1CCCN1C(=O)[C@@H](C)CO. The molecule has 0 saturated carbocycles. The number of hydrogen-bond donors (Lipinski definition) is 3. The molecule has 0 aliphatic carbocycles. The van der Waals surface area contributed by atoms with Crippen molar-refractivity contribution in [3.05, 3.63) is 0 Å². The maximum Gasteiger partial charge on any atom is 0.246 e. The highest BCUT2D eigenvalue weighted by Crippen LogP contribution is 2.26. The van der Waals surface area contributed by atoms with E-state index in [1.807, 2.05) is 0 Å². The highest BCUT2D eigenvalue weighted by Gasteiger charge is 2.43. The van der Waals surface area contributed by atoms with Gasteiger partial charge in [0, 0.05) is 13.1 Å². The first-order chi connectivity index (χ1) is 12.8. The van der Waals surface area contributed by atoms with E-state index in [1.54, 1.807) is 6.92 Å². The molecule has 2 aliphatic heterocycles. The Morgan fingerprint density at radius 3 is 2.15 bits per heavy atom. The van der Waals surface area contributed by atoms with Gasteiger partial charge in [-0.15, -0.1) is 0 Å². The zero-order valence-electron chi connectivity index (χ0n) is 15.9. The number of ketones is 1. The number of amides is 3. The Morgan fingerprint density at radius 2 is 1.59 bits per heavy atom. The summed E-state index contributed by atoms with van der Waals surface area (Å²) in [5, 5.41) is 21.0. The summed E-state index contributed by atoms with van der Waals surface area (Å²) in [5.41, 5.74) is 0. The summed E-state index contributed by atoms with van der Waals surface area (Å²) in [4.78, 5) is 52.4. The Bertz CT molecular complexity index is 596. The molecule has 2 aliphatic rings. The first-order valence-electron chi connectivity index (χ1n) is 9.45. The zero-order chi connectivity index (χ0) is 20.1. The van der Waals surface area contributed by atoms with Gasteiger partial charge in [0.05, 0.1) is 19.1 Å². The summed E-state index contributed by atoms with van der Waals surface area (Å²) in [7, 11) is 0. The van der Waals surface area contributed by atoms with Crippen molar-refractivity contribution >= 4 is 23.5 Å². The summed E-state index contributed by atoms with van der Waals surface area (Å²) in [6.45, 7) is 2.99. The van der Waals surface area contributed by atoms with Crippen molar-refractivity contribution in [3.63, 3.8) is 0 Å². The predicted octanol–water partition coefficient (Wildman–Crippen LogP) is -1.34. The lowest BCUT2D eigenvalue weighted by Crippen LogP contribution is -2.55. The van der Waals surface area contributed by atoms with Crippen LogP contribution in [0.1, 0.15) is 39.5 Å². The number of hydrogen-bond acceptors (Lipinski definition) is 6. The Morgan fingerprint density at radius 1 is 1.00 bits per heavy atom. The number of rotatable bonds is 7. The highest BCUT2D eigenvalue weighted by molar-refractivity contribution is 5.95. The lowest BCUT2D eigenvalue weighted by Gasteiger charge is -2.32. The molecule has 152 valence electrons. The number of nitrogens with one attached hydrogen (secondary N) is 1. The van der Waals surface area contributed by atoms with E-state index in [9.17, 15) is 29.4 Å². The molecule has 0 bridgehead atoms. The second-order valence-corrected chi connectivity index (χ2v) is 7.32. The molecular formula is C18H29N3O6. The summed E-state index contributed by atoms with van der Waals surface area (Å²) in [5.74, 6) is -1.92. The molecule has 4 atom stereocenters. The molecule has 2 heterocycles. The van der Waals surface area contributed by atoms with Gasteiger partial charge < -0.3 is 25.3 Å². The molecule has 2 fully saturated rings. The second-order valence-electron chi connectivity index (χ2n) is 7.32. The third-order valence-corrected chi connectivity index (χ3v) is 5.34. The van der Waals surface area contributed by atoms with Crippen molar-refractivity contribution in [1.82, 2.24) is 15.1 Å². The first-order valence-corrected chi connectivity index (χ1v) is 9.45. The van der Waals surface area contributed by atoms with E-state index in [-0.39, 0.29) is 24.2 Å². The monoisotopic (exact) mass is 383 g/mol. The van der Waals surface area contributed by atoms with Crippen LogP contribution in [0.2, 0.25) is 0 Å². The average molecular weight is 383 g/mol. The maximum absolute atomic E-state index is 13.1. The second kappa shape index (κ2) is 9.27. The Hall–Kier alpha value is -2.00. The number of carbonyl (C=O) groups excluding carboxylic acids is 4. The van der Waals surface area contributed by atoms with Gasteiger partial charge in [-0.05, 0) is 32.6 Å². The predicted molar refractivity (Wildman–Crippen MR) is 95.4 cm³/mol. The molecule has 3 amide bonds. The summed E-state index contributed by atoms with van der Waals surface area (Å²) < 4.78 is 0. The fourth-order valence-electron chi connectivity index (χ4n) is 3.69. The minimum atomic E-state index is -0.981. The van der Waals surface area contributed by atoms with E-state index < -0.39 is 36.6 Å². The number of aliphatic hydroxyl groups excluding tert-OH is 2. The number of nitrogens with zero attached hydrogens (tertiary/aromatic N) is 2. The van der Waals surface area contributed by atoms with Crippen LogP contribution >= 0.6 is 0 Å². The van der Waals surface area contributed by atoms with Gasteiger partial charge in [-0.25, -0.2) is 0 Å². The van der Waals surface area contributed by atoms with Crippen LogP contribution in [-0.2, 0) is 19.2 Å². The van der Waals surface area contributed by atoms with Crippen LogP contribution in [-0.4, -0.2) is 87.9 Å². The normalized spacial score (nSPS) is 24.6. The van der Waals surface area contributed by atoms with Crippen LogP contribution in [0.5, 0.6) is 0 Å². The fourth-order valence-corrected chi connectivity index (χ4v) is 3.69. The van der Waals surface area contributed by atoms with Gasteiger partial charge in [0.15, 0.2) is 5.78 Å². The van der Waals surface area contributed by atoms with Crippen LogP contribution in [0, 0.1) is 5.92 Å². The van der Waals surface area contributed by atoms with E-state index in [0.29, 0.717) is 38.8 Å². The van der Waals surface area contributed by atoms with Crippen LogP contribution in [0.15, 0.2) is 0 Å². The third kappa shape index (κ3) is 4.65. The Labute approximate surface area is 158 Å². The summed E-state index contributed by atoms with van der Waals surface area (Å²) >= 11 is 0. The fraction of sp³-hybridized carbons (Fsp3) is 0.778. The lowest BCUT2D eigenvalue weighted by atomic mass is 10.1. The summed E-state index contributed by atoms with van der Waals surface area (Å²) in [6, 6.07) is -2.31. The zero-order valence-corrected chi connectivity index (χ0v) is 15.9. The summed E-state index contributed by atoms with van der Waals surface area (Å²) in [6.07, 6.45) is 2.35. The van der Waals surface area contributed by atoms with Crippen molar-refractivity contribution in [3.8, 4) is 0 Å². The molecular weight excluding hydrogens is 354 g/mol. The van der Waals surface area contributed by atoms with Gasteiger partial charge in [-0.1, -0.05) is 6.92 Å². The average Bonchev–Trinajstić information content (AvgIpc) is 3.33. The maximum atomic E-state index is 13.1. The number of aliphatic hydroxyl groups is 2. The van der Waals surface area contributed by atoms with Gasteiger partial charge in [-0.3, -0.25) is 19.2 Å². The van der Waals surface area contributed by atoms with Crippen LogP contribution in [0.25, 0.3) is 0 Å². The molecule has 2 rings (SSSR count). The van der Waals surface area contributed by atoms with Crippen molar-refractivity contribution in [1.29, 1.82) is 0 Å². The number of carbonyl (C=O) groups is 4. The molecule has 0 spiro atoms. The van der Waals surface area contributed by atoms with Crippen molar-refractivity contribution in [2.75, 3.05) is 26.3 Å². The molecule has 0 aromatic heterocycles. The van der Waals surface area contributed by atoms with Gasteiger partial charge in [0.2, 0.25) is 17.7 Å². The minimum Gasteiger partial charge on any atom is -0.396 e. The quantitative estimate of drug-likeness (QED) is 0.500. The molecule has 0 aromatic carbocycles. The van der Waals surface area contributed by atoms with Crippen molar-refractivity contribution in [2.45, 2.75) is 57.7 Å². The molecule has 2 saturated heterocycles. The van der Waals surface area contributed by atoms with Crippen molar-refractivity contribution < 1.29 is 29.4 Å². The molecule has 27 heavy (non-hydrogen) atoms. The molecule has 0 unspecified atom stereocenters. The van der Waals surface area contributed by atoms with E-state index >= 15 is 0 Å². The lowest BCUT2D eigenvalue weighted by molar-refractivity contribution is -0.148. The van der Waals surface area contributed by atoms with Gasteiger partial charge in [-0.2, -0.15) is 0 Å². The van der Waals surface area contributed by atoms with Crippen LogP contribution < -0.4 is 5.32 Å². The number of likely N-dealkylation sites (tertiary alicyclic amines) is 2. The van der Waals surface area contributed by atoms with Gasteiger partial charge in [0.25, 0.3) is 0 Å². The van der Waals surface area contributed by atoms with Gasteiger partial charge >= 0.3 is 0 Å². The minimum absolute atomic E-state index is 0.259. The molecule has 9 heteroatoms. The van der Waals surface area contributed by atoms with Crippen LogP contribution in [0.4, 0.5) is 0 Å². The standard InChI is InChI=1S/C18H29N3O6/c1-11(9-22)17(26)21-8-4-6-15(21)18(27)20-7-3-5-14(20)16(25)19-13(10-23)12(2)24/h11,13-15,22-23H,3-10H2,1-2H3,(H,19,25)/t11-,13-,14-,15-/m0/s1. The molecule has 9 nitrogen and oxygen atoms in total. The first kappa shape index (κ1) is 21.3. The largest absolute Gasteiger partial charge is 0.396 e. The smallest absolute Gasteiger partial charge is 0.246 e. The third-order valence-electron chi connectivity index (χ3n) is 5.34. The van der Waals surface area contributed by atoms with Crippen LogP contribution in [0.3, 0.4) is 0 Å². The van der Waals surface area contributed by atoms with E-state index in [1.165, 1.54) is 16.7 Å². The number of Topliss-reactive ketones (excluding diaryl/α,β-unsaturated/α-hetero) is 1. The van der Waals surface area contributed by atoms with E-state index in [0.717, 1.165) is 0 Å². The Balaban J connectivity index is 2.09. The Kier molecular flexibility index (Phi) is 7.32. The molecule has 3 N–H and O–H groups in total. The van der Waals surface area contributed by atoms with E-state index in [2.05, 4.69) is 5.32 Å². The van der Waals surface area contributed by atoms with Crippen molar-refractivity contribution in [2.24, 2.45) is 5.92 Å². The molecule has 0 aromatic rings. The molecule has 0 radical (unpaired) electrons. The highest BCUT2D eigenvalue weighted by atomic mass is 16.3.